The standard InChI is InChI=1S/C12H20N2/c1-14(2)12(10-13)9-8-11-6-4-3-5-7-11/h3-7,12H,8-10,13H2,1-2H3. The maximum atomic E-state index is 5.70. The minimum atomic E-state index is 0.496. The lowest BCUT2D eigenvalue weighted by molar-refractivity contribution is 0.285. The summed E-state index contributed by atoms with van der Waals surface area (Å²) < 4.78 is 0. The predicted octanol–water partition coefficient (Wildman–Crippen LogP) is 1.51. The van der Waals surface area contributed by atoms with Crippen molar-refractivity contribution in [1.29, 1.82) is 0 Å². The zero-order valence-corrected chi connectivity index (χ0v) is 9.11. The summed E-state index contributed by atoms with van der Waals surface area (Å²) in [6.07, 6.45) is 2.24. The van der Waals surface area contributed by atoms with Crippen molar-refractivity contribution < 1.29 is 0 Å². The summed E-state index contributed by atoms with van der Waals surface area (Å²) in [4.78, 5) is 2.20. The van der Waals surface area contributed by atoms with Gasteiger partial charge < -0.3 is 10.6 Å². The van der Waals surface area contributed by atoms with Gasteiger partial charge in [0, 0.05) is 12.6 Å². The summed E-state index contributed by atoms with van der Waals surface area (Å²) >= 11 is 0. The van der Waals surface area contributed by atoms with E-state index in [1.807, 2.05) is 0 Å². The van der Waals surface area contributed by atoms with Crippen LogP contribution in [0.2, 0.25) is 0 Å². The first-order valence-electron chi connectivity index (χ1n) is 5.14. The van der Waals surface area contributed by atoms with Crippen molar-refractivity contribution in [3.63, 3.8) is 0 Å². The largest absolute Gasteiger partial charge is 0.329 e. The number of hydrogen-bond acceptors (Lipinski definition) is 2. The average Bonchev–Trinajstić information content (AvgIpc) is 2.20. The Morgan fingerprint density at radius 3 is 2.36 bits per heavy atom. The van der Waals surface area contributed by atoms with Crippen molar-refractivity contribution in [2.75, 3.05) is 20.6 Å². The average molecular weight is 192 g/mol. The van der Waals surface area contributed by atoms with E-state index in [4.69, 9.17) is 5.73 Å². The fourth-order valence-corrected chi connectivity index (χ4v) is 1.56. The van der Waals surface area contributed by atoms with Gasteiger partial charge in [-0.2, -0.15) is 0 Å². The highest BCUT2D eigenvalue weighted by Crippen LogP contribution is 2.06. The second kappa shape index (κ2) is 5.78. The molecule has 1 unspecified atom stereocenters. The van der Waals surface area contributed by atoms with Crippen LogP contribution in [0.1, 0.15) is 12.0 Å². The van der Waals surface area contributed by atoms with E-state index in [2.05, 4.69) is 49.3 Å². The first-order valence-corrected chi connectivity index (χ1v) is 5.14. The molecule has 78 valence electrons. The van der Waals surface area contributed by atoms with Crippen molar-refractivity contribution in [3.8, 4) is 0 Å². The molecule has 0 amide bonds. The van der Waals surface area contributed by atoms with Crippen LogP contribution in [-0.4, -0.2) is 31.6 Å². The Balaban J connectivity index is 2.40. The minimum absolute atomic E-state index is 0.496. The van der Waals surface area contributed by atoms with Crippen molar-refractivity contribution in [1.82, 2.24) is 4.90 Å². The van der Waals surface area contributed by atoms with Gasteiger partial charge >= 0.3 is 0 Å². The van der Waals surface area contributed by atoms with Gasteiger partial charge in [0.25, 0.3) is 0 Å². The molecular formula is C12H20N2. The van der Waals surface area contributed by atoms with Crippen LogP contribution in [0.4, 0.5) is 0 Å². The normalized spacial score (nSPS) is 13.1. The van der Waals surface area contributed by atoms with E-state index in [0.29, 0.717) is 6.04 Å². The molecule has 2 heteroatoms. The number of aryl methyl sites for hydroxylation is 1. The third-order valence-electron chi connectivity index (χ3n) is 2.61. The van der Waals surface area contributed by atoms with E-state index in [1.165, 1.54) is 5.56 Å². The van der Waals surface area contributed by atoms with Gasteiger partial charge in [0.2, 0.25) is 0 Å². The molecule has 0 aliphatic rings. The van der Waals surface area contributed by atoms with E-state index in [9.17, 15) is 0 Å². The number of hydrogen-bond donors (Lipinski definition) is 1. The highest BCUT2D eigenvalue weighted by molar-refractivity contribution is 5.14. The summed E-state index contributed by atoms with van der Waals surface area (Å²) in [5.74, 6) is 0. The smallest absolute Gasteiger partial charge is 0.0215 e. The molecule has 0 heterocycles. The topological polar surface area (TPSA) is 29.3 Å². The summed E-state index contributed by atoms with van der Waals surface area (Å²) in [5, 5.41) is 0. The van der Waals surface area contributed by atoms with Crippen LogP contribution in [0.3, 0.4) is 0 Å². The van der Waals surface area contributed by atoms with Crippen LogP contribution in [0.25, 0.3) is 0 Å². The molecule has 0 bridgehead atoms. The molecule has 1 rings (SSSR count). The van der Waals surface area contributed by atoms with Crippen molar-refractivity contribution >= 4 is 0 Å². The quantitative estimate of drug-likeness (QED) is 0.766. The van der Waals surface area contributed by atoms with E-state index >= 15 is 0 Å². The van der Waals surface area contributed by atoms with Crippen LogP contribution in [0.15, 0.2) is 30.3 Å². The molecule has 0 saturated carbocycles. The van der Waals surface area contributed by atoms with Gasteiger partial charge in [0.05, 0.1) is 0 Å². The second-order valence-electron chi connectivity index (χ2n) is 3.88. The van der Waals surface area contributed by atoms with Gasteiger partial charge in [0.1, 0.15) is 0 Å². The summed E-state index contributed by atoms with van der Waals surface area (Å²) in [6, 6.07) is 11.1. The Bertz CT molecular complexity index is 244. The van der Waals surface area contributed by atoms with Crippen molar-refractivity contribution in [2.45, 2.75) is 18.9 Å². The lowest BCUT2D eigenvalue weighted by Crippen LogP contribution is -2.35. The lowest BCUT2D eigenvalue weighted by atomic mass is 10.0. The molecule has 2 nitrogen and oxygen atoms in total. The first kappa shape index (κ1) is 11.2. The van der Waals surface area contributed by atoms with Crippen molar-refractivity contribution in [3.05, 3.63) is 35.9 Å². The van der Waals surface area contributed by atoms with Gasteiger partial charge in [-0.15, -0.1) is 0 Å². The molecule has 2 N–H and O–H groups in total. The molecule has 0 aromatic heterocycles. The molecule has 0 saturated heterocycles. The maximum Gasteiger partial charge on any atom is 0.0215 e. The van der Waals surface area contributed by atoms with Gasteiger partial charge in [-0.3, -0.25) is 0 Å². The Hall–Kier alpha value is -0.860. The fourth-order valence-electron chi connectivity index (χ4n) is 1.56. The molecular weight excluding hydrogens is 172 g/mol. The number of rotatable bonds is 5. The number of likely N-dealkylation sites (N-methyl/N-ethyl adjacent to an activating group) is 1. The molecule has 1 aromatic carbocycles. The van der Waals surface area contributed by atoms with Crippen LogP contribution in [-0.2, 0) is 6.42 Å². The number of nitrogens with two attached hydrogens (primary N) is 1. The van der Waals surface area contributed by atoms with Gasteiger partial charge in [-0.05, 0) is 32.5 Å². The van der Waals surface area contributed by atoms with Crippen LogP contribution < -0.4 is 5.73 Å². The molecule has 1 aromatic rings. The number of nitrogens with zero attached hydrogens (tertiary/aromatic N) is 1. The van der Waals surface area contributed by atoms with Gasteiger partial charge in [-0.25, -0.2) is 0 Å². The zero-order chi connectivity index (χ0) is 10.4. The van der Waals surface area contributed by atoms with Gasteiger partial charge in [0.15, 0.2) is 0 Å². The molecule has 0 aliphatic heterocycles. The third-order valence-corrected chi connectivity index (χ3v) is 2.61. The van der Waals surface area contributed by atoms with E-state index in [1.54, 1.807) is 0 Å². The van der Waals surface area contributed by atoms with Gasteiger partial charge in [-0.1, -0.05) is 30.3 Å². The first-order chi connectivity index (χ1) is 6.74. The molecule has 14 heavy (non-hydrogen) atoms. The fraction of sp³-hybridized carbons (Fsp3) is 0.500. The molecule has 0 aliphatic carbocycles. The van der Waals surface area contributed by atoms with E-state index < -0.39 is 0 Å². The van der Waals surface area contributed by atoms with E-state index in [-0.39, 0.29) is 0 Å². The summed E-state index contributed by atoms with van der Waals surface area (Å²) in [7, 11) is 4.17. The van der Waals surface area contributed by atoms with Crippen molar-refractivity contribution in [2.24, 2.45) is 5.73 Å². The Kier molecular flexibility index (Phi) is 4.63. The number of benzene rings is 1. The molecule has 0 fully saturated rings. The predicted molar refractivity (Wildman–Crippen MR) is 61.3 cm³/mol. The Labute approximate surface area is 86.7 Å². The maximum absolute atomic E-state index is 5.70. The second-order valence-corrected chi connectivity index (χ2v) is 3.88. The highest BCUT2D eigenvalue weighted by atomic mass is 15.1. The van der Waals surface area contributed by atoms with Crippen LogP contribution in [0.5, 0.6) is 0 Å². The molecule has 0 radical (unpaired) electrons. The minimum Gasteiger partial charge on any atom is -0.329 e. The van der Waals surface area contributed by atoms with E-state index in [0.717, 1.165) is 19.4 Å². The van der Waals surface area contributed by atoms with Crippen LogP contribution >= 0.6 is 0 Å². The molecule has 1 atom stereocenters. The van der Waals surface area contributed by atoms with Crippen LogP contribution in [0, 0.1) is 0 Å². The SMILES string of the molecule is CN(C)C(CN)CCc1ccccc1. The lowest BCUT2D eigenvalue weighted by Gasteiger charge is -2.22. The highest BCUT2D eigenvalue weighted by Gasteiger charge is 2.08. The Morgan fingerprint density at radius 2 is 1.86 bits per heavy atom. The summed E-state index contributed by atoms with van der Waals surface area (Å²) in [5.41, 5.74) is 7.09. The summed E-state index contributed by atoms with van der Waals surface area (Å²) in [6.45, 7) is 0.736. The Morgan fingerprint density at radius 1 is 1.21 bits per heavy atom. The molecule has 0 spiro atoms. The zero-order valence-electron chi connectivity index (χ0n) is 9.11. The third kappa shape index (κ3) is 3.48. The monoisotopic (exact) mass is 192 g/mol.